The number of thiophene rings is 1. The summed E-state index contributed by atoms with van der Waals surface area (Å²) in [7, 11) is 0. The topological polar surface area (TPSA) is 27.7 Å². The van der Waals surface area contributed by atoms with Crippen molar-refractivity contribution in [2.24, 2.45) is 17.8 Å². The minimum Gasteiger partial charge on any atom is -0.385 e. The maximum Gasteiger partial charge on any atom is 0.148 e. The number of hydrogen-bond donors (Lipinski definition) is 1. The molecule has 0 spiro atoms. The molecule has 0 bridgehead atoms. The van der Waals surface area contributed by atoms with E-state index in [0.29, 0.717) is 18.9 Å². The minimum absolute atomic E-state index is 0.141. The van der Waals surface area contributed by atoms with Crippen LogP contribution in [-0.4, -0.2) is 50.8 Å². The highest BCUT2D eigenvalue weighted by atomic mass is 32.1. The maximum atomic E-state index is 14.6. The quantitative estimate of drug-likeness (QED) is 0.572. The van der Waals surface area contributed by atoms with Crippen molar-refractivity contribution in [2.45, 2.75) is 13.5 Å². The van der Waals surface area contributed by atoms with E-state index in [1.165, 1.54) is 33.6 Å². The lowest BCUT2D eigenvalue weighted by molar-refractivity contribution is 0.122. The molecule has 3 aromatic rings. The summed E-state index contributed by atoms with van der Waals surface area (Å²) in [4.78, 5) is 6.21. The first-order valence-electron chi connectivity index (χ1n) is 11.7. The van der Waals surface area contributed by atoms with Crippen LogP contribution in [0, 0.1) is 30.5 Å². The van der Waals surface area contributed by atoms with Crippen LogP contribution in [0.5, 0.6) is 0 Å². The molecule has 3 aliphatic rings. The highest BCUT2D eigenvalue weighted by Crippen LogP contribution is 2.52. The largest absolute Gasteiger partial charge is 0.385 e. The van der Waals surface area contributed by atoms with E-state index in [-0.39, 0.29) is 5.82 Å². The second-order valence-corrected chi connectivity index (χ2v) is 10.6. The van der Waals surface area contributed by atoms with Gasteiger partial charge in [-0.05, 0) is 59.9 Å². The van der Waals surface area contributed by atoms with E-state index in [2.05, 4.69) is 46.3 Å². The Bertz CT molecular complexity index is 1110. The first-order valence-corrected chi connectivity index (χ1v) is 12.5. The molecule has 32 heavy (non-hydrogen) atoms. The van der Waals surface area contributed by atoms with Crippen molar-refractivity contribution < 1.29 is 9.13 Å². The van der Waals surface area contributed by atoms with E-state index < -0.39 is 0 Å². The number of fused-ring (bicyclic) bond motifs is 2. The maximum absolute atomic E-state index is 14.6. The summed E-state index contributed by atoms with van der Waals surface area (Å²) in [6, 6.07) is 14.3. The standard InChI is InChI=1S/C26H30FN3OS/c1-17-19-4-2-3-5-25(19)32-26(17)16-29-14-21-20(22(21)15-29)13-28-18-6-7-24(23(27)12-18)30-8-10-31-11-9-30/h2-7,12,20-22,28H,8-11,13-16H2,1H3. The van der Waals surface area contributed by atoms with Crippen LogP contribution >= 0.6 is 11.3 Å². The van der Waals surface area contributed by atoms with Crippen LogP contribution in [0.4, 0.5) is 15.8 Å². The predicted octanol–water partition coefficient (Wildman–Crippen LogP) is 4.98. The summed E-state index contributed by atoms with van der Waals surface area (Å²) in [5, 5.41) is 4.91. The lowest BCUT2D eigenvalue weighted by atomic mass is 10.1. The third-order valence-electron chi connectivity index (χ3n) is 7.60. The molecule has 2 unspecified atom stereocenters. The lowest BCUT2D eigenvalue weighted by Gasteiger charge is -2.29. The Labute approximate surface area is 193 Å². The normalized spacial score (nSPS) is 25.3. The fraction of sp³-hybridized carbons (Fsp3) is 0.462. The van der Waals surface area contributed by atoms with Gasteiger partial charge >= 0.3 is 0 Å². The fourth-order valence-corrected chi connectivity index (χ4v) is 6.91. The zero-order chi connectivity index (χ0) is 21.7. The Morgan fingerprint density at radius 2 is 1.88 bits per heavy atom. The first kappa shape index (κ1) is 20.5. The summed E-state index contributed by atoms with van der Waals surface area (Å²) < 4.78 is 21.4. The number of hydrogen-bond acceptors (Lipinski definition) is 5. The molecular weight excluding hydrogens is 421 g/mol. The fourth-order valence-electron chi connectivity index (χ4n) is 5.66. The van der Waals surface area contributed by atoms with Crippen molar-refractivity contribution in [1.82, 2.24) is 4.90 Å². The molecular formula is C26H30FN3OS. The minimum atomic E-state index is -0.141. The third-order valence-corrected chi connectivity index (χ3v) is 8.86. The molecule has 1 saturated carbocycles. The molecule has 168 valence electrons. The van der Waals surface area contributed by atoms with E-state index in [1.54, 1.807) is 6.07 Å². The van der Waals surface area contributed by atoms with E-state index in [1.807, 2.05) is 23.5 Å². The van der Waals surface area contributed by atoms with Gasteiger partial charge in [0, 0.05) is 54.5 Å². The van der Waals surface area contributed by atoms with E-state index >= 15 is 0 Å². The number of aryl methyl sites for hydroxylation is 1. The number of rotatable bonds is 6. The van der Waals surface area contributed by atoms with Crippen LogP contribution < -0.4 is 10.2 Å². The van der Waals surface area contributed by atoms with Crippen LogP contribution in [0.25, 0.3) is 10.1 Å². The molecule has 2 aromatic carbocycles. The molecule has 6 heteroatoms. The van der Waals surface area contributed by atoms with Gasteiger partial charge in [0.2, 0.25) is 0 Å². The van der Waals surface area contributed by atoms with Gasteiger partial charge in [-0.2, -0.15) is 0 Å². The molecule has 1 aromatic heterocycles. The van der Waals surface area contributed by atoms with Crippen LogP contribution in [0.1, 0.15) is 10.4 Å². The molecule has 4 nitrogen and oxygen atoms in total. The number of nitrogens with one attached hydrogen (secondary N) is 1. The van der Waals surface area contributed by atoms with Gasteiger partial charge < -0.3 is 15.0 Å². The molecule has 2 saturated heterocycles. The van der Waals surface area contributed by atoms with Crippen LogP contribution in [-0.2, 0) is 11.3 Å². The average molecular weight is 452 g/mol. The van der Waals surface area contributed by atoms with Gasteiger partial charge in [0.15, 0.2) is 0 Å². The molecule has 1 aliphatic carbocycles. The molecule has 2 atom stereocenters. The molecule has 3 heterocycles. The Morgan fingerprint density at radius 1 is 1.09 bits per heavy atom. The second-order valence-electron chi connectivity index (χ2n) is 9.48. The number of likely N-dealkylation sites (tertiary alicyclic amines) is 1. The van der Waals surface area contributed by atoms with Gasteiger partial charge in [0.1, 0.15) is 5.82 Å². The Kier molecular flexibility index (Phi) is 5.32. The number of halogens is 1. The van der Waals surface area contributed by atoms with Gasteiger partial charge in [-0.15, -0.1) is 11.3 Å². The van der Waals surface area contributed by atoms with Crippen LogP contribution in [0.3, 0.4) is 0 Å². The van der Waals surface area contributed by atoms with Crippen molar-refractivity contribution in [2.75, 3.05) is 56.2 Å². The van der Waals surface area contributed by atoms with E-state index in [4.69, 9.17) is 4.74 Å². The van der Waals surface area contributed by atoms with Crippen molar-refractivity contribution in [1.29, 1.82) is 0 Å². The lowest BCUT2D eigenvalue weighted by Crippen LogP contribution is -2.36. The summed E-state index contributed by atoms with van der Waals surface area (Å²) in [6.07, 6.45) is 0. The number of morpholine rings is 1. The Balaban J connectivity index is 1.01. The molecule has 2 aliphatic heterocycles. The Morgan fingerprint density at radius 3 is 2.62 bits per heavy atom. The number of piperidine rings is 1. The molecule has 0 amide bonds. The summed E-state index contributed by atoms with van der Waals surface area (Å²) >= 11 is 1.95. The highest BCUT2D eigenvalue weighted by molar-refractivity contribution is 7.19. The first-order chi connectivity index (χ1) is 15.7. The van der Waals surface area contributed by atoms with E-state index in [0.717, 1.165) is 49.6 Å². The van der Waals surface area contributed by atoms with Crippen LogP contribution in [0.2, 0.25) is 0 Å². The zero-order valence-corrected chi connectivity index (χ0v) is 19.3. The van der Waals surface area contributed by atoms with Crippen molar-refractivity contribution in [3.63, 3.8) is 0 Å². The average Bonchev–Trinajstić information content (AvgIpc) is 3.12. The summed E-state index contributed by atoms with van der Waals surface area (Å²) in [5.41, 5.74) is 3.03. The number of ether oxygens (including phenoxy) is 1. The summed E-state index contributed by atoms with van der Waals surface area (Å²) in [6.45, 7) is 9.52. The number of nitrogens with zero attached hydrogens (tertiary/aromatic N) is 2. The Hall–Kier alpha value is -2.15. The number of benzene rings is 2. The monoisotopic (exact) mass is 451 g/mol. The van der Waals surface area contributed by atoms with Gasteiger partial charge in [-0.25, -0.2) is 4.39 Å². The third kappa shape index (κ3) is 3.78. The SMILES string of the molecule is Cc1c(CN2CC3C(CNc4ccc(N5CCOCC5)c(F)c4)C3C2)sc2ccccc12. The number of anilines is 2. The molecule has 3 fully saturated rings. The molecule has 6 rings (SSSR count). The smallest absolute Gasteiger partial charge is 0.148 e. The van der Waals surface area contributed by atoms with Gasteiger partial charge in [0.25, 0.3) is 0 Å². The van der Waals surface area contributed by atoms with Crippen LogP contribution in [0.15, 0.2) is 42.5 Å². The second kappa shape index (κ2) is 8.32. The highest BCUT2D eigenvalue weighted by Gasteiger charge is 2.55. The van der Waals surface area contributed by atoms with Crippen molar-refractivity contribution in [3.05, 3.63) is 58.7 Å². The van der Waals surface area contributed by atoms with E-state index in [9.17, 15) is 4.39 Å². The molecule has 0 radical (unpaired) electrons. The zero-order valence-electron chi connectivity index (χ0n) is 18.5. The van der Waals surface area contributed by atoms with Gasteiger partial charge in [0.05, 0.1) is 18.9 Å². The molecule has 1 N–H and O–H groups in total. The van der Waals surface area contributed by atoms with Gasteiger partial charge in [-0.1, -0.05) is 18.2 Å². The summed E-state index contributed by atoms with van der Waals surface area (Å²) in [5.74, 6) is 2.15. The van der Waals surface area contributed by atoms with Crippen molar-refractivity contribution >= 4 is 32.8 Å². The van der Waals surface area contributed by atoms with Gasteiger partial charge in [-0.3, -0.25) is 4.90 Å². The predicted molar refractivity (Wildman–Crippen MR) is 130 cm³/mol. The van der Waals surface area contributed by atoms with Crippen molar-refractivity contribution in [3.8, 4) is 0 Å².